The number of anilines is 1. The number of hydrogen-bond acceptors (Lipinski definition) is 8. The Morgan fingerprint density at radius 1 is 1.30 bits per heavy atom. The number of fused-ring (bicyclic) bond motifs is 1. The standard InChI is InChI=1S/C16H10ClN3O6S/c17-8-1-4-12(21)10(5-8)15(23)26-7-14(22)19-16-18-11-3-2-9(20(24)25)6-13(11)27-16/h1-6,21H,7H2,(H,18,19,22). The van der Waals surface area contributed by atoms with Gasteiger partial charge in [-0.2, -0.15) is 0 Å². The predicted molar refractivity (Wildman–Crippen MR) is 98.3 cm³/mol. The number of ether oxygens (including phenoxy) is 1. The van der Waals surface area contributed by atoms with Gasteiger partial charge in [-0.15, -0.1) is 0 Å². The average molecular weight is 408 g/mol. The lowest BCUT2D eigenvalue weighted by Crippen LogP contribution is -2.20. The first kappa shape index (κ1) is 18.5. The number of phenolic OH excluding ortho intramolecular Hbond substituents is 1. The minimum absolute atomic E-state index is 0.0840. The van der Waals surface area contributed by atoms with Gasteiger partial charge in [0.1, 0.15) is 11.3 Å². The third kappa shape index (κ3) is 4.30. The molecule has 0 bridgehead atoms. The van der Waals surface area contributed by atoms with Crippen LogP contribution in [0.2, 0.25) is 5.02 Å². The number of aromatic nitrogens is 1. The van der Waals surface area contributed by atoms with Gasteiger partial charge >= 0.3 is 5.97 Å². The van der Waals surface area contributed by atoms with Crippen LogP contribution in [0.25, 0.3) is 10.2 Å². The van der Waals surface area contributed by atoms with Crippen LogP contribution in [0, 0.1) is 10.1 Å². The molecule has 11 heteroatoms. The number of nitrogens with zero attached hydrogens (tertiary/aromatic N) is 2. The molecule has 0 saturated carbocycles. The van der Waals surface area contributed by atoms with E-state index >= 15 is 0 Å². The molecule has 3 rings (SSSR count). The first-order valence-corrected chi connectivity index (χ1v) is 8.53. The number of esters is 1. The van der Waals surface area contributed by atoms with Gasteiger partial charge in [0.05, 0.1) is 15.1 Å². The highest BCUT2D eigenvalue weighted by molar-refractivity contribution is 7.22. The van der Waals surface area contributed by atoms with E-state index in [4.69, 9.17) is 16.3 Å². The Bertz CT molecular complexity index is 1070. The number of thiazole rings is 1. The highest BCUT2D eigenvalue weighted by Crippen LogP contribution is 2.29. The first-order chi connectivity index (χ1) is 12.8. The van der Waals surface area contributed by atoms with Crippen LogP contribution in [0.4, 0.5) is 10.8 Å². The van der Waals surface area contributed by atoms with Crippen molar-refractivity contribution in [2.75, 3.05) is 11.9 Å². The number of benzene rings is 2. The summed E-state index contributed by atoms with van der Waals surface area (Å²) >= 11 is 6.80. The summed E-state index contributed by atoms with van der Waals surface area (Å²) in [5, 5.41) is 23.3. The molecule has 0 atom stereocenters. The Morgan fingerprint density at radius 3 is 2.81 bits per heavy atom. The van der Waals surface area contributed by atoms with E-state index in [1.54, 1.807) is 0 Å². The topological polar surface area (TPSA) is 132 Å². The number of carbonyl (C=O) groups is 2. The summed E-state index contributed by atoms with van der Waals surface area (Å²) in [5.74, 6) is -1.89. The molecule has 3 aromatic rings. The lowest BCUT2D eigenvalue weighted by molar-refractivity contribution is -0.384. The maximum absolute atomic E-state index is 11.9. The molecule has 0 spiro atoms. The number of nitrogens with one attached hydrogen (secondary N) is 1. The summed E-state index contributed by atoms with van der Waals surface area (Å²) in [6, 6.07) is 7.99. The fourth-order valence-electron chi connectivity index (χ4n) is 2.12. The molecule has 0 fully saturated rings. The van der Waals surface area contributed by atoms with Gasteiger partial charge in [-0.3, -0.25) is 20.2 Å². The Balaban J connectivity index is 1.64. The lowest BCUT2D eigenvalue weighted by Gasteiger charge is -2.06. The van der Waals surface area contributed by atoms with Gasteiger partial charge in [-0.1, -0.05) is 22.9 Å². The highest BCUT2D eigenvalue weighted by Gasteiger charge is 2.16. The van der Waals surface area contributed by atoms with E-state index < -0.39 is 23.4 Å². The number of aromatic hydroxyl groups is 1. The highest BCUT2D eigenvalue weighted by atomic mass is 35.5. The predicted octanol–water partition coefficient (Wildman–Crippen LogP) is 3.36. The fraction of sp³-hybridized carbons (Fsp3) is 0.0625. The third-order valence-corrected chi connectivity index (χ3v) is 4.51. The SMILES string of the molecule is O=C(COC(=O)c1cc(Cl)ccc1O)Nc1nc2ccc([N+](=O)[O-])cc2s1. The summed E-state index contributed by atoms with van der Waals surface area (Å²) in [4.78, 5) is 38.2. The average Bonchev–Trinajstić information content (AvgIpc) is 3.02. The monoisotopic (exact) mass is 407 g/mol. The van der Waals surface area contributed by atoms with Crippen LogP contribution in [-0.4, -0.2) is 33.5 Å². The lowest BCUT2D eigenvalue weighted by atomic mass is 10.2. The van der Waals surface area contributed by atoms with Crippen LogP contribution in [0.15, 0.2) is 36.4 Å². The zero-order valence-electron chi connectivity index (χ0n) is 13.3. The Kier molecular flexibility index (Phi) is 5.19. The minimum Gasteiger partial charge on any atom is -0.507 e. The maximum atomic E-state index is 11.9. The maximum Gasteiger partial charge on any atom is 0.342 e. The quantitative estimate of drug-likeness (QED) is 0.376. The molecule has 1 amide bonds. The van der Waals surface area contributed by atoms with Crippen molar-refractivity contribution in [3.05, 3.63) is 57.1 Å². The second-order valence-corrected chi connectivity index (χ2v) is 6.68. The molecule has 0 unspecified atom stereocenters. The molecule has 27 heavy (non-hydrogen) atoms. The van der Waals surface area contributed by atoms with E-state index in [-0.39, 0.29) is 27.2 Å². The van der Waals surface area contributed by atoms with Crippen LogP contribution in [0.1, 0.15) is 10.4 Å². The molecule has 9 nitrogen and oxygen atoms in total. The largest absolute Gasteiger partial charge is 0.507 e. The summed E-state index contributed by atoms with van der Waals surface area (Å²) < 4.78 is 5.37. The van der Waals surface area contributed by atoms with Crippen molar-refractivity contribution in [3.63, 3.8) is 0 Å². The molecule has 0 radical (unpaired) electrons. The van der Waals surface area contributed by atoms with Crippen molar-refractivity contribution in [1.82, 2.24) is 4.98 Å². The van der Waals surface area contributed by atoms with Gasteiger partial charge in [0, 0.05) is 17.2 Å². The molecular weight excluding hydrogens is 398 g/mol. The van der Waals surface area contributed by atoms with Crippen LogP contribution >= 0.6 is 22.9 Å². The molecular formula is C16H10ClN3O6S. The number of halogens is 1. The number of non-ortho nitro benzene ring substituents is 1. The number of phenols is 1. The molecule has 2 aromatic carbocycles. The number of amides is 1. The van der Waals surface area contributed by atoms with E-state index in [0.29, 0.717) is 10.2 Å². The van der Waals surface area contributed by atoms with Gasteiger partial charge in [-0.05, 0) is 24.3 Å². The Morgan fingerprint density at radius 2 is 2.07 bits per heavy atom. The zero-order chi connectivity index (χ0) is 19.6. The van der Waals surface area contributed by atoms with Gasteiger partial charge in [-0.25, -0.2) is 9.78 Å². The molecule has 0 aliphatic carbocycles. The smallest absolute Gasteiger partial charge is 0.342 e. The van der Waals surface area contributed by atoms with Crippen molar-refractivity contribution in [2.45, 2.75) is 0 Å². The van der Waals surface area contributed by atoms with E-state index in [1.165, 1.54) is 36.4 Å². The molecule has 0 saturated heterocycles. The van der Waals surface area contributed by atoms with Crippen LogP contribution < -0.4 is 5.32 Å². The number of nitro groups is 1. The van der Waals surface area contributed by atoms with Crippen molar-refractivity contribution >= 4 is 55.8 Å². The van der Waals surface area contributed by atoms with Crippen molar-refractivity contribution < 1.29 is 24.4 Å². The van der Waals surface area contributed by atoms with Crippen LogP contribution in [0.5, 0.6) is 5.75 Å². The van der Waals surface area contributed by atoms with Gasteiger partial charge in [0.2, 0.25) is 0 Å². The minimum atomic E-state index is -0.912. The van der Waals surface area contributed by atoms with Crippen LogP contribution in [0.3, 0.4) is 0 Å². The van der Waals surface area contributed by atoms with E-state index in [2.05, 4.69) is 10.3 Å². The normalized spacial score (nSPS) is 10.6. The van der Waals surface area contributed by atoms with E-state index in [9.17, 15) is 24.8 Å². The summed E-state index contributed by atoms with van der Waals surface area (Å²) in [6.07, 6.45) is 0. The number of rotatable bonds is 5. The van der Waals surface area contributed by atoms with Gasteiger partial charge in [0.25, 0.3) is 11.6 Å². The molecule has 1 heterocycles. The Labute approximate surface area is 160 Å². The second kappa shape index (κ2) is 7.56. The van der Waals surface area contributed by atoms with E-state index in [0.717, 1.165) is 11.3 Å². The third-order valence-electron chi connectivity index (χ3n) is 3.34. The molecule has 2 N–H and O–H groups in total. The second-order valence-electron chi connectivity index (χ2n) is 5.21. The molecule has 0 aliphatic heterocycles. The summed E-state index contributed by atoms with van der Waals surface area (Å²) in [7, 11) is 0. The van der Waals surface area contributed by atoms with Crippen molar-refractivity contribution in [2.24, 2.45) is 0 Å². The van der Waals surface area contributed by atoms with Crippen molar-refractivity contribution in [1.29, 1.82) is 0 Å². The number of carbonyl (C=O) groups excluding carboxylic acids is 2. The fourth-order valence-corrected chi connectivity index (χ4v) is 3.20. The van der Waals surface area contributed by atoms with Crippen molar-refractivity contribution in [3.8, 4) is 5.75 Å². The van der Waals surface area contributed by atoms with Gasteiger partial charge in [0.15, 0.2) is 11.7 Å². The van der Waals surface area contributed by atoms with Crippen LogP contribution in [-0.2, 0) is 9.53 Å². The zero-order valence-corrected chi connectivity index (χ0v) is 14.9. The molecule has 1 aromatic heterocycles. The number of hydrogen-bond donors (Lipinski definition) is 2. The van der Waals surface area contributed by atoms with E-state index in [1.807, 2.05) is 0 Å². The molecule has 138 valence electrons. The summed E-state index contributed by atoms with van der Waals surface area (Å²) in [5.41, 5.74) is 0.239. The summed E-state index contributed by atoms with van der Waals surface area (Å²) in [6.45, 7) is -0.610. The number of nitro benzene ring substituents is 1. The first-order valence-electron chi connectivity index (χ1n) is 7.34. The van der Waals surface area contributed by atoms with Gasteiger partial charge < -0.3 is 9.84 Å². The molecule has 0 aliphatic rings. The Hall–Kier alpha value is -3.24.